The van der Waals surface area contributed by atoms with E-state index in [1.807, 2.05) is 0 Å². The summed E-state index contributed by atoms with van der Waals surface area (Å²) < 4.78 is 0. The maximum Gasteiger partial charge on any atom is 0.0325 e. The van der Waals surface area contributed by atoms with E-state index in [0.29, 0.717) is 6.04 Å². The predicted octanol–water partition coefficient (Wildman–Crippen LogP) is 5.09. The fourth-order valence-electron chi connectivity index (χ4n) is 4.89. The van der Waals surface area contributed by atoms with Crippen LogP contribution in [-0.4, -0.2) is 6.54 Å². The summed E-state index contributed by atoms with van der Waals surface area (Å²) in [6.07, 6.45) is 7.38. The second-order valence-corrected chi connectivity index (χ2v) is 7.57. The molecule has 21 heavy (non-hydrogen) atoms. The first-order valence-electron chi connectivity index (χ1n) is 8.89. The molecular formula is C20H31N. The lowest BCUT2D eigenvalue weighted by molar-refractivity contribution is 0.280. The molecule has 4 unspecified atom stereocenters. The first kappa shape index (κ1) is 15.1. The van der Waals surface area contributed by atoms with E-state index in [1.165, 1.54) is 48.8 Å². The third kappa shape index (κ3) is 3.04. The minimum absolute atomic E-state index is 0.554. The highest BCUT2D eigenvalue weighted by Crippen LogP contribution is 2.51. The molecule has 0 heterocycles. The van der Waals surface area contributed by atoms with Gasteiger partial charge < -0.3 is 5.32 Å². The van der Waals surface area contributed by atoms with E-state index in [1.54, 1.807) is 5.56 Å². The highest BCUT2D eigenvalue weighted by molar-refractivity contribution is 5.38. The Balaban J connectivity index is 1.79. The van der Waals surface area contributed by atoms with Crippen LogP contribution in [0.3, 0.4) is 0 Å². The summed E-state index contributed by atoms with van der Waals surface area (Å²) in [6, 6.07) is 5.36. The number of aryl methyl sites for hydroxylation is 3. The molecule has 0 radical (unpaired) electrons. The lowest BCUT2D eigenvalue weighted by Crippen LogP contribution is -2.26. The average Bonchev–Trinajstić information content (AvgIpc) is 3.05. The third-order valence-electron chi connectivity index (χ3n) is 6.13. The van der Waals surface area contributed by atoms with E-state index in [2.05, 4.69) is 45.1 Å². The molecule has 0 spiro atoms. The van der Waals surface area contributed by atoms with E-state index in [4.69, 9.17) is 0 Å². The van der Waals surface area contributed by atoms with Crippen LogP contribution in [0.25, 0.3) is 0 Å². The van der Waals surface area contributed by atoms with Crippen molar-refractivity contribution in [2.75, 3.05) is 6.54 Å². The van der Waals surface area contributed by atoms with Crippen molar-refractivity contribution in [2.45, 2.75) is 65.8 Å². The molecule has 1 aromatic rings. The van der Waals surface area contributed by atoms with Crippen molar-refractivity contribution in [2.24, 2.45) is 17.8 Å². The van der Waals surface area contributed by atoms with E-state index in [9.17, 15) is 0 Å². The van der Waals surface area contributed by atoms with Crippen molar-refractivity contribution in [3.8, 4) is 0 Å². The van der Waals surface area contributed by atoms with Crippen molar-refractivity contribution < 1.29 is 0 Å². The molecule has 1 heteroatoms. The molecule has 0 amide bonds. The molecular weight excluding hydrogens is 254 g/mol. The molecule has 2 bridgehead atoms. The van der Waals surface area contributed by atoms with Gasteiger partial charge in [0.25, 0.3) is 0 Å². The number of benzene rings is 1. The minimum Gasteiger partial charge on any atom is -0.310 e. The molecule has 4 atom stereocenters. The van der Waals surface area contributed by atoms with E-state index in [-0.39, 0.29) is 0 Å². The summed E-state index contributed by atoms with van der Waals surface area (Å²) in [5, 5.41) is 3.77. The second-order valence-electron chi connectivity index (χ2n) is 7.57. The maximum absolute atomic E-state index is 3.77. The summed E-state index contributed by atoms with van der Waals surface area (Å²) in [7, 11) is 0. The summed E-state index contributed by atoms with van der Waals surface area (Å²) in [5.74, 6) is 3.06. The van der Waals surface area contributed by atoms with Crippen LogP contribution < -0.4 is 5.32 Å². The van der Waals surface area contributed by atoms with Crippen molar-refractivity contribution in [1.82, 2.24) is 5.32 Å². The van der Waals surface area contributed by atoms with Crippen LogP contribution >= 0.6 is 0 Å². The number of fused-ring (bicyclic) bond motifs is 2. The Morgan fingerprint density at radius 2 is 1.81 bits per heavy atom. The molecule has 0 aliphatic heterocycles. The predicted molar refractivity (Wildman–Crippen MR) is 90.6 cm³/mol. The van der Waals surface area contributed by atoms with Crippen LogP contribution in [0.15, 0.2) is 12.1 Å². The Morgan fingerprint density at radius 3 is 2.43 bits per heavy atom. The van der Waals surface area contributed by atoms with Gasteiger partial charge in [0.15, 0.2) is 0 Å². The van der Waals surface area contributed by atoms with Crippen LogP contribution in [0.2, 0.25) is 0 Å². The van der Waals surface area contributed by atoms with Gasteiger partial charge in [0.05, 0.1) is 0 Å². The fraction of sp³-hybridized carbons (Fsp3) is 0.700. The van der Waals surface area contributed by atoms with E-state index < -0.39 is 0 Å². The SMILES string of the molecule is CCNC(CC1CC2CCC1C2)c1cc(C)c(C)cc1C. The number of hydrogen-bond acceptors (Lipinski definition) is 1. The van der Waals surface area contributed by atoms with Crippen LogP contribution in [-0.2, 0) is 0 Å². The summed E-state index contributed by atoms with van der Waals surface area (Å²) in [5.41, 5.74) is 5.87. The molecule has 2 aliphatic rings. The maximum atomic E-state index is 3.77. The standard InChI is InChI=1S/C20H31N/c1-5-21-20(12-18-11-16-6-7-17(18)10-16)19-9-14(3)13(2)8-15(19)4/h8-9,16-18,20-21H,5-7,10-12H2,1-4H3. The minimum atomic E-state index is 0.554. The van der Waals surface area contributed by atoms with Gasteiger partial charge >= 0.3 is 0 Å². The van der Waals surface area contributed by atoms with E-state index >= 15 is 0 Å². The molecule has 0 saturated heterocycles. The van der Waals surface area contributed by atoms with Gasteiger partial charge in [-0.3, -0.25) is 0 Å². The molecule has 0 aromatic heterocycles. The quantitative estimate of drug-likeness (QED) is 0.794. The molecule has 3 rings (SSSR count). The lowest BCUT2D eigenvalue weighted by Gasteiger charge is -2.29. The molecule has 1 aromatic carbocycles. The largest absolute Gasteiger partial charge is 0.310 e. The van der Waals surface area contributed by atoms with Crippen molar-refractivity contribution in [1.29, 1.82) is 0 Å². The molecule has 2 saturated carbocycles. The second kappa shape index (κ2) is 6.12. The third-order valence-corrected chi connectivity index (χ3v) is 6.13. The molecule has 2 aliphatic carbocycles. The topological polar surface area (TPSA) is 12.0 Å². The van der Waals surface area contributed by atoms with Crippen molar-refractivity contribution >= 4 is 0 Å². The van der Waals surface area contributed by atoms with Crippen molar-refractivity contribution in [3.05, 3.63) is 34.4 Å². The summed E-state index contributed by atoms with van der Waals surface area (Å²) >= 11 is 0. The lowest BCUT2D eigenvalue weighted by atomic mass is 9.81. The van der Waals surface area contributed by atoms with Crippen molar-refractivity contribution in [3.63, 3.8) is 0 Å². The zero-order chi connectivity index (χ0) is 15.0. The molecule has 116 valence electrons. The van der Waals surface area contributed by atoms with Crippen LogP contribution in [0.4, 0.5) is 0 Å². The first-order chi connectivity index (χ1) is 10.1. The van der Waals surface area contributed by atoms with Gasteiger partial charge in [-0.2, -0.15) is 0 Å². The fourth-order valence-corrected chi connectivity index (χ4v) is 4.89. The van der Waals surface area contributed by atoms with Crippen LogP contribution in [0, 0.1) is 38.5 Å². The van der Waals surface area contributed by atoms with E-state index in [0.717, 1.165) is 24.3 Å². The summed E-state index contributed by atoms with van der Waals surface area (Å²) in [6.45, 7) is 10.1. The Bertz CT molecular complexity index is 505. The first-order valence-corrected chi connectivity index (χ1v) is 8.89. The van der Waals surface area contributed by atoms with Gasteiger partial charge in [-0.15, -0.1) is 0 Å². The smallest absolute Gasteiger partial charge is 0.0325 e. The Morgan fingerprint density at radius 1 is 1.05 bits per heavy atom. The Kier molecular flexibility index (Phi) is 4.40. The van der Waals surface area contributed by atoms with Gasteiger partial charge in [0.1, 0.15) is 0 Å². The van der Waals surface area contributed by atoms with Crippen LogP contribution in [0.5, 0.6) is 0 Å². The number of rotatable bonds is 5. The van der Waals surface area contributed by atoms with Gasteiger partial charge in [-0.25, -0.2) is 0 Å². The summed E-state index contributed by atoms with van der Waals surface area (Å²) in [4.78, 5) is 0. The zero-order valence-electron chi connectivity index (χ0n) is 14.2. The molecule has 1 N–H and O–H groups in total. The van der Waals surface area contributed by atoms with Gasteiger partial charge in [0, 0.05) is 6.04 Å². The highest BCUT2D eigenvalue weighted by atomic mass is 14.9. The molecule has 2 fully saturated rings. The van der Waals surface area contributed by atoms with Gasteiger partial charge in [-0.05, 0) is 93.0 Å². The number of nitrogens with one attached hydrogen (secondary N) is 1. The van der Waals surface area contributed by atoms with Gasteiger partial charge in [0.2, 0.25) is 0 Å². The zero-order valence-corrected chi connectivity index (χ0v) is 14.2. The Hall–Kier alpha value is -0.820. The normalized spacial score (nSPS) is 29.0. The van der Waals surface area contributed by atoms with Gasteiger partial charge in [-0.1, -0.05) is 25.5 Å². The van der Waals surface area contributed by atoms with Crippen LogP contribution in [0.1, 0.15) is 67.3 Å². The Labute approximate surface area is 130 Å². The number of hydrogen-bond donors (Lipinski definition) is 1. The monoisotopic (exact) mass is 285 g/mol. The average molecular weight is 285 g/mol. The highest BCUT2D eigenvalue weighted by Gasteiger charge is 2.40. The molecule has 1 nitrogen and oxygen atoms in total.